The lowest BCUT2D eigenvalue weighted by Gasteiger charge is -2.30. The average Bonchev–Trinajstić information content (AvgIpc) is 3.02. The first-order chi connectivity index (χ1) is 14.6. The lowest BCUT2D eigenvalue weighted by atomic mass is 9.93. The Morgan fingerprint density at radius 1 is 1.26 bits per heavy atom. The highest BCUT2D eigenvalue weighted by atomic mass is 32.1. The molecule has 0 aromatic carbocycles. The van der Waals surface area contributed by atoms with Gasteiger partial charge in [-0.1, -0.05) is 0 Å². The normalized spacial score (nSPS) is 14.6. The Morgan fingerprint density at radius 3 is 2.55 bits per heavy atom. The first-order valence-electron chi connectivity index (χ1n) is 9.82. The minimum Gasteiger partial charge on any atom is -0.491 e. The van der Waals surface area contributed by atoms with Crippen LogP contribution in [0.2, 0.25) is 0 Å². The number of carboxylic acid groups (broad SMARTS) is 1. The number of ether oxygens (including phenoxy) is 2. The summed E-state index contributed by atoms with van der Waals surface area (Å²) >= 11 is 1.12. The highest BCUT2D eigenvalue weighted by molar-refractivity contribution is 7.17. The predicted octanol–water partition coefficient (Wildman–Crippen LogP) is 2.08. The van der Waals surface area contributed by atoms with E-state index in [4.69, 9.17) is 9.47 Å². The van der Waals surface area contributed by atoms with Gasteiger partial charge >= 0.3 is 17.8 Å². The molecule has 0 bridgehead atoms. The lowest BCUT2D eigenvalue weighted by Crippen LogP contribution is -2.46. The molecule has 2 aromatic rings. The molecule has 2 amide bonds. The maximum Gasteiger partial charge on any atom is 0.339 e. The average molecular weight is 449 g/mol. The van der Waals surface area contributed by atoms with Crippen molar-refractivity contribution in [1.29, 1.82) is 0 Å². The van der Waals surface area contributed by atoms with Crippen LogP contribution < -0.4 is 19.9 Å². The zero-order valence-corrected chi connectivity index (χ0v) is 18.7. The molecule has 10 heteroatoms. The van der Waals surface area contributed by atoms with E-state index in [9.17, 15) is 19.5 Å². The summed E-state index contributed by atoms with van der Waals surface area (Å²) in [6, 6.07) is 3.51. The van der Waals surface area contributed by atoms with Gasteiger partial charge in [0.1, 0.15) is 10.8 Å². The van der Waals surface area contributed by atoms with E-state index >= 15 is 0 Å². The number of carbonyl (C=O) groups excluding carboxylic acids is 2. The highest BCUT2D eigenvalue weighted by Crippen LogP contribution is 2.40. The Morgan fingerprint density at radius 2 is 1.94 bits per heavy atom. The molecule has 0 saturated heterocycles. The van der Waals surface area contributed by atoms with Crippen molar-refractivity contribution < 1.29 is 33.5 Å². The molecule has 0 aliphatic carbocycles. The number of amides is 2. The van der Waals surface area contributed by atoms with Gasteiger partial charge in [0.05, 0.1) is 23.9 Å². The third-order valence-corrected chi connectivity index (χ3v) is 5.71. The summed E-state index contributed by atoms with van der Waals surface area (Å²) in [6.07, 6.45) is 3.90. The maximum absolute atomic E-state index is 12.4. The van der Waals surface area contributed by atoms with E-state index < -0.39 is 23.4 Å². The Labute approximate surface area is 184 Å². The van der Waals surface area contributed by atoms with Gasteiger partial charge in [0.15, 0.2) is 12.4 Å². The lowest BCUT2D eigenvalue weighted by molar-refractivity contribution is -0.700. The summed E-state index contributed by atoms with van der Waals surface area (Å²) < 4.78 is 13.0. The van der Waals surface area contributed by atoms with Crippen LogP contribution in [0.15, 0.2) is 24.5 Å². The summed E-state index contributed by atoms with van der Waals surface area (Å²) in [4.78, 5) is 37.2. The van der Waals surface area contributed by atoms with Crippen molar-refractivity contribution in [1.82, 2.24) is 5.32 Å². The molecule has 3 heterocycles. The summed E-state index contributed by atoms with van der Waals surface area (Å²) in [5.74, 6) is -2.24. The Kier molecular flexibility index (Phi) is 6.61. The monoisotopic (exact) mass is 448 g/mol. The van der Waals surface area contributed by atoms with Crippen LogP contribution in [0.3, 0.4) is 0 Å². The van der Waals surface area contributed by atoms with Gasteiger partial charge < -0.3 is 19.9 Å². The quantitative estimate of drug-likeness (QED) is 0.460. The summed E-state index contributed by atoms with van der Waals surface area (Å²) in [5.41, 5.74) is 0.167. The molecule has 0 atom stereocenters. The predicted molar refractivity (Wildman–Crippen MR) is 113 cm³/mol. The van der Waals surface area contributed by atoms with Crippen molar-refractivity contribution in [3.05, 3.63) is 40.5 Å². The summed E-state index contributed by atoms with van der Waals surface area (Å²) in [7, 11) is 0. The van der Waals surface area contributed by atoms with E-state index in [0.29, 0.717) is 17.7 Å². The van der Waals surface area contributed by atoms with E-state index in [0.717, 1.165) is 16.2 Å². The second-order valence-electron chi connectivity index (χ2n) is 8.07. The van der Waals surface area contributed by atoms with Crippen LogP contribution >= 0.6 is 11.3 Å². The third kappa shape index (κ3) is 5.59. The van der Waals surface area contributed by atoms with Crippen molar-refractivity contribution in [3.8, 4) is 5.75 Å². The van der Waals surface area contributed by atoms with E-state index in [1.807, 2.05) is 27.7 Å². The number of pyridine rings is 1. The minimum absolute atomic E-state index is 0.0210. The Hall–Kier alpha value is -2.98. The number of aromatic nitrogens is 1. The first-order valence-corrected chi connectivity index (χ1v) is 10.6. The molecule has 0 unspecified atom stereocenters. The number of hydrogen-bond acceptors (Lipinski definition) is 6. The van der Waals surface area contributed by atoms with Crippen LogP contribution in [0.1, 0.15) is 48.5 Å². The summed E-state index contributed by atoms with van der Waals surface area (Å²) in [5, 5.41) is 14.8. The molecule has 0 spiro atoms. The van der Waals surface area contributed by atoms with E-state index in [1.54, 1.807) is 29.1 Å². The largest absolute Gasteiger partial charge is 0.491 e. The number of nitrogens with one attached hydrogen (secondary N) is 2. The van der Waals surface area contributed by atoms with Gasteiger partial charge in [-0.3, -0.25) is 14.9 Å². The van der Waals surface area contributed by atoms with Gasteiger partial charge in [0.25, 0.3) is 0 Å². The third-order valence-electron chi connectivity index (χ3n) is 4.59. The van der Waals surface area contributed by atoms with Crippen molar-refractivity contribution in [2.45, 2.75) is 59.1 Å². The molecule has 166 valence electrons. The molecular weight excluding hydrogens is 422 g/mol. The Bertz CT molecular complexity index is 997. The SMILES string of the molecule is CC(C)Oc1cc[n+](CNC(=O)C(=O)Nc2sc3c(c2C(=O)O)CC(C)(C)OC3)cc1. The van der Waals surface area contributed by atoms with E-state index in [1.165, 1.54) is 0 Å². The first kappa shape index (κ1) is 22.7. The van der Waals surface area contributed by atoms with Gasteiger partial charge in [0, 0.05) is 23.4 Å². The fourth-order valence-corrected chi connectivity index (χ4v) is 4.29. The van der Waals surface area contributed by atoms with Gasteiger partial charge in [-0.05, 0) is 33.3 Å². The number of carboxylic acids is 1. The molecule has 2 aromatic heterocycles. The van der Waals surface area contributed by atoms with Crippen LogP contribution in [0, 0.1) is 0 Å². The second-order valence-corrected chi connectivity index (χ2v) is 9.18. The Balaban J connectivity index is 1.64. The molecule has 0 saturated carbocycles. The van der Waals surface area contributed by atoms with E-state index in [-0.39, 0.29) is 29.9 Å². The topological polar surface area (TPSA) is 118 Å². The smallest absolute Gasteiger partial charge is 0.339 e. The molecule has 3 N–H and O–H groups in total. The van der Waals surface area contributed by atoms with Crippen LogP contribution in [-0.4, -0.2) is 34.6 Å². The van der Waals surface area contributed by atoms with Gasteiger partial charge in [0.2, 0.25) is 6.67 Å². The van der Waals surface area contributed by atoms with E-state index in [2.05, 4.69) is 10.6 Å². The maximum atomic E-state index is 12.4. The van der Waals surface area contributed by atoms with Crippen molar-refractivity contribution in [2.24, 2.45) is 0 Å². The molecule has 31 heavy (non-hydrogen) atoms. The van der Waals surface area contributed by atoms with Crippen LogP contribution in [0.5, 0.6) is 5.75 Å². The molecule has 0 radical (unpaired) electrons. The molecule has 3 rings (SSSR count). The van der Waals surface area contributed by atoms with Gasteiger partial charge in [-0.25, -0.2) is 4.79 Å². The molecule has 1 aliphatic heterocycles. The zero-order chi connectivity index (χ0) is 22.8. The number of rotatable bonds is 6. The van der Waals surface area contributed by atoms with Crippen molar-refractivity contribution in [2.75, 3.05) is 5.32 Å². The number of nitrogens with zero attached hydrogens (tertiary/aromatic N) is 1. The molecule has 9 nitrogen and oxygen atoms in total. The van der Waals surface area contributed by atoms with Crippen LogP contribution in [0.25, 0.3) is 0 Å². The standard InChI is InChI=1S/C21H25N3O6S/c1-12(2)30-13-5-7-24(8-6-13)11-22-17(25)18(26)23-19-16(20(27)28)14-9-21(3,4)29-10-15(14)31-19/h5-8,12H,9-11H2,1-4H3,(H2-,22,23,25,26,27,28)/p+1. The van der Waals surface area contributed by atoms with Gasteiger partial charge in [-0.2, -0.15) is 4.57 Å². The van der Waals surface area contributed by atoms with Crippen molar-refractivity contribution >= 4 is 34.1 Å². The number of hydrogen-bond donors (Lipinski definition) is 3. The zero-order valence-electron chi connectivity index (χ0n) is 17.9. The second kappa shape index (κ2) is 9.03. The molecular formula is C21H26N3O6S+. The van der Waals surface area contributed by atoms with Crippen LogP contribution in [0.4, 0.5) is 5.00 Å². The highest BCUT2D eigenvalue weighted by Gasteiger charge is 2.34. The molecule has 0 fully saturated rings. The number of fused-ring (bicyclic) bond motifs is 1. The fourth-order valence-electron chi connectivity index (χ4n) is 3.17. The summed E-state index contributed by atoms with van der Waals surface area (Å²) in [6.45, 7) is 7.95. The molecule has 1 aliphatic rings. The fraction of sp³-hybridized carbons (Fsp3) is 0.429. The minimum atomic E-state index is -1.15. The van der Waals surface area contributed by atoms with Crippen molar-refractivity contribution in [3.63, 3.8) is 0 Å². The number of carbonyl (C=O) groups is 3. The number of thiophene rings is 1. The number of aromatic carboxylic acids is 1. The van der Waals surface area contributed by atoms with Gasteiger partial charge in [-0.15, -0.1) is 11.3 Å². The van der Waals surface area contributed by atoms with Crippen LogP contribution in [-0.2, 0) is 34.0 Å². The number of anilines is 1.